The van der Waals surface area contributed by atoms with Crippen LogP contribution in [-0.4, -0.2) is 75.9 Å². The van der Waals surface area contributed by atoms with Gasteiger partial charge >= 0.3 is 6.09 Å². The molecule has 0 aliphatic carbocycles. The molecule has 0 bridgehead atoms. The molecule has 0 saturated carbocycles. The van der Waals surface area contributed by atoms with Crippen LogP contribution < -0.4 is 21.3 Å². The minimum atomic E-state index is -1.24. The Bertz CT molecular complexity index is 1460. The van der Waals surface area contributed by atoms with Gasteiger partial charge in [-0.3, -0.25) is 14.4 Å². The lowest BCUT2D eigenvalue weighted by atomic mass is 9.95. The first-order valence-electron chi connectivity index (χ1n) is 17.1. The SMILES string of the molecule is CCC(C)[C@@H](CO)NC(=O)CC(O)C(CC(C)C)NC(=O)[C@H](Cc1cscn1)NC(=O)[C@H](Cc1ccccc1)NC(=O)OCc1ccccc1. The van der Waals surface area contributed by atoms with E-state index >= 15 is 0 Å². The van der Waals surface area contributed by atoms with Gasteiger partial charge < -0.3 is 36.2 Å². The highest BCUT2D eigenvalue weighted by molar-refractivity contribution is 7.07. The molecule has 50 heavy (non-hydrogen) atoms. The molecule has 0 fully saturated rings. The summed E-state index contributed by atoms with van der Waals surface area (Å²) in [5.74, 6) is -1.54. The summed E-state index contributed by atoms with van der Waals surface area (Å²) in [5, 5.41) is 33.8. The highest BCUT2D eigenvalue weighted by Gasteiger charge is 2.32. The molecule has 6 N–H and O–H groups in total. The van der Waals surface area contributed by atoms with Gasteiger partial charge in [-0.1, -0.05) is 94.8 Å². The van der Waals surface area contributed by atoms with Crippen molar-refractivity contribution in [2.75, 3.05) is 6.61 Å². The third-order valence-electron chi connectivity index (χ3n) is 8.42. The normalized spacial score (nSPS) is 14.8. The maximum Gasteiger partial charge on any atom is 0.408 e. The first-order chi connectivity index (χ1) is 24.0. The molecule has 0 spiro atoms. The van der Waals surface area contributed by atoms with E-state index in [9.17, 15) is 29.4 Å². The van der Waals surface area contributed by atoms with Crippen LogP contribution in [0.4, 0.5) is 4.79 Å². The Hall–Kier alpha value is -4.33. The number of carbonyl (C=O) groups excluding carboxylic acids is 4. The van der Waals surface area contributed by atoms with E-state index in [0.29, 0.717) is 12.1 Å². The third-order valence-corrected chi connectivity index (χ3v) is 9.05. The van der Waals surface area contributed by atoms with Crippen molar-refractivity contribution in [1.82, 2.24) is 26.3 Å². The summed E-state index contributed by atoms with van der Waals surface area (Å²) in [6.45, 7) is 7.53. The van der Waals surface area contributed by atoms with Crippen LogP contribution in [0.3, 0.4) is 0 Å². The number of alkyl carbamates (subject to hydrolysis) is 1. The maximum atomic E-state index is 13.9. The molecule has 0 aliphatic rings. The van der Waals surface area contributed by atoms with E-state index in [1.165, 1.54) is 11.3 Å². The standard InChI is InChI=1S/C37H51N5O7S/c1-5-25(4)32(20-43)39-34(45)19-33(44)29(16-24(2)3)40-36(47)31(18-28-22-50-23-38-28)41-35(46)30(17-26-12-8-6-9-13-26)42-37(48)49-21-27-14-10-7-11-15-27/h6-15,22-25,29-33,43-44H,5,16-21H2,1-4H3,(H,39,45)(H,40,47)(H,41,46)(H,42,48)/t25?,29?,30-,31-,32+,33?/m0/s1. The van der Waals surface area contributed by atoms with Crippen molar-refractivity contribution in [3.63, 3.8) is 0 Å². The number of aliphatic hydroxyl groups is 2. The average Bonchev–Trinajstić information content (AvgIpc) is 3.62. The van der Waals surface area contributed by atoms with Crippen LogP contribution in [0.5, 0.6) is 0 Å². The van der Waals surface area contributed by atoms with Gasteiger partial charge in [-0.05, 0) is 29.4 Å². The van der Waals surface area contributed by atoms with Crippen molar-refractivity contribution in [2.24, 2.45) is 11.8 Å². The van der Waals surface area contributed by atoms with Gasteiger partial charge in [-0.2, -0.15) is 0 Å². The lowest BCUT2D eigenvalue weighted by Crippen LogP contribution is -2.57. The fourth-order valence-electron chi connectivity index (χ4n) is 5.35. The van der Waals surface area contributed by atoms with Gasteiger partial charge in [-0.25, -0.2) is 9.78 Å². The highest BCUT2D eigenvalue weighted by Crippen LogP contribution is 2.15. The molecule has 2 aromatic carbocycles. The molecule has 3 rings (SSSR count). The van der Waals surface area contributed by atoms with E-state index in [0.717, 1.165) is 17.5 Å². The van der Waals surface area contributed by atoms with Crippen molar-refractivity contribution in [3.8, 4) is 0 Å². The maximum absolute atomic E-state index is 13.9. The van der Waals surface area contributed by atoms with Gasteiger partial charge in [0.05, 0.1) is 42.4 Å². The summed E-state index contributed by atoms with van der Waals surface area (Å²) >= 11 is 1.35. The predicted octanol–water partition coefficient (Wildman–Crippen LogP) is 3.51. The zero-order valence-electron chi connectivity index (χ0n) is 29.2. The van der Waals surface area contributed by atoms with E-state index in [-0.39, 0.29) is 44.3 Å². The van der Waals surface area contributed by atoms with Gasteiger partial charge in [0.25, 0.3) is 0 Å². The zero-order chi connectivity index (χ0) is 36.5. The Morgan fingerprint density at radius 3 is 2.02 bits per heavy atom. The number of nitrogens with zero attached hydrogens (tertiary/aromatic N) is 1. The van der Waals surface area contributed by atoms with E-state index in [1.54, 1.807) is 10.9 Å². The molecule has 272 valence electrons. The Labute approximate surface area is 298 Å². The Balaban J connectivity index is 1.77. The first kappa shape index (κ1) is 40.1. The highest BCUT2D eigenvalue weighted by atomic mass is 32.1. The number of hydrogen-bond acceptors (Lipinski definition) is 9. The van der Waals surface area contributed by atoms with Crippen molar-refractivity contribution < 1.29 is 34.1 Å². The van der Waals surface area contributed by atoms with Crippen LogP contribution in [0.15, 0.2) is 71.6 Å². The quantitative estimate of drug-likeness (QED) is 0.103. The van der Waals surface area contributed by atoms with E-state index < -0.39 is 54.1 Å². The number of benzene rings is 2. The van der Waals surface area contributed by atoms with E-state index in [1.807, 2.05) is 88.4 Å². The summed E-state index contributed by atoms with van der Waals surface area (Å²) in [7, 11) is 0. The van der Waals surface area contributed by atoms with E-state index in [4.69, 9.17) is 4.74 Å². The molecular weight excluding hydrogens is 659 g/mol. The fraction of sp³-hybridized carbons (Fsp3) is 0.486. The van der Waals surface area contributed by atoms with Gasteiger partial charge in [0, 0.05) is 18.2 Å². The topological polar surface area (TPSA) is 179 Å². The molecular formula is C37H51N5O7S. The van der Waals surface area contributed by atoms with Crippen molar-refractivity contribution in [1.29, 1.82) is 0 Å². The molecule has 0 aliphatic heterocycles. The lowest BCUT2D eigenvalue weighted by Gasteiger charge is -2.29. The first-order valence-corrected chi connectivity index (χ1v) is 18.0. The van der Waals surface area contributed by atoms with Crippen LogP contribution in [0, 0.1) is 11.8 Å². The summed E-state index contributed by atoms with van der Waals surface area (Å²) in [6.07, 6.45) is -1.02. The molecule has 0 radical (unpaired) electrons. The van der Waals surface area contributed by atoms with Crippen LogP contribution in [0.1, 0.15) is 63.8 Å². The minimum absolute atomic E-state index is 0.0110. The molecule has 13 heteroatoms. The number of rotatable bonds is 20. The number of ether oxygens (including phenoxy) is 1. The monoisotopic (exact) mass is 709 g/mol. The second kappa shape index (κ2) is 21.0. The summed E-state index contributed by atoms with van der Waals surface area (Å²) < 4.78 is 5.39. The zero-order valence-corrected chi connectivity index (χ0v) is 30.0. The molecule has 1 heterocycles. The van der Waals surface area contributed by atoms with Crippen molar-refractivity contribution >= 4 is 35.2 Å². The van der Waals surface area contributed by atoms with Crippen LogP contribution >= 0.6 is 11.3 Å². The van der Waals surface area contributed by atoms with Crippen molar-refractivity contribution in [3.05, 3.63) is 88.4 Å². The molecule has 6 atom stereocenters. The number of aliphatic hydroxyl groups excluding tert-OH is 2. The van der Waals surface area contributed by atoms with Gasteiger partial charge in [0.1, 0.15) is 18.7 Å². The second-order valence-corrected chi connectivity index (χ2v) is 13.7. The fourth-order valence-corrected chi connectivity index (χ4v) is 5.92. The number of thiazole rings is 1. The molecule has 0 saturated heterocycles. The number of amides is 4. The Kier molecular flexibility index (Phi) is 16.9. The summed E-state index contributed by atoms with van der Waals surface area (Å²) in [4.78, 5) is 57.8. The predicted molar refractivity (Wildman–Crippen MR) is 192 cm³/mol. The van der Waals surface area contributed by atoms with Crippen LogP contribution in [0.2, 0.25) is 0 Å². The number of aromatic nitrogens is 1. The molecule has 3 unspecified atom stereocenters. The third kappa shape index (κ3) is 13.9. The molecule has 12 nitrogen and oxygen atoms in total. The minimum Gasteiger partial charge on any atom is -0.445 e. The number of carbonyl (C=O) groups is 4. The number of nitrogens with one attached hydrogen (secondary N) is 4. The molecule has 3 aromatic rings. The summed E-state index contributed by atoms with van der Waals surface area (Å²) in [5.41, 5.74) is 3.76. The Morgan fingerprint density at radius 2 is 1.44 bits per heavy atom. The molecule has 4 amide bonds. The average molecular weight is 710 g/mol. The van der Waals surface area contributed by atoms with Gasteiger partial charge in [0.2, 0.25) is 17.7 Å². The van der Waals surface area contributed by atoms with E-state index in [2.05, 4.69) is 26.3 Å². The van der Waals surface area contributed by atoms with Crippen LogP contribution in [0.25, 0.3) is 0 Å². The smallest absolute Gasteiger partial charge is 0.408 e. The second-order valence-electron chi connectivity index (χ2n) is 13.0. The number of hydrogen-bond donors (Lipinski definition) is 6. The van der Waals surface area contributed by atoms with Crippen molar-refractivity contribution in [2.45, 2.75) is 96.7 Å². The Morgan fingerprint density at radius 1 is 0.820 bits per heavy atom. The van der Waals surface area contributed by atoms with Crippen LogP contribution in [-0.2, 0) is 38.6 Å². The lowest BCUT2D eigenvalue weighted by molar-refractivity contribution is -0.131. The largest absolute Gasteiger partial charge is 0.445 e. The summed E-state index contributed by atoms with van der Waals surface area (Å²) in [6, 6.07) is 14.8. The van der Waals surface area contributed by atoms with Gasteiger partial charge in [-0.15, -0.1) is 11.3 Å². The molecule has 1 aromatic heterocycles. The van der Waals surface area contributed by atoms with Gasteiger partial charge in [0.15, 0.2) is 0 Å².